The maximum Gasteiger partial charge on any atom is 0.343 e. The predicted molar refractivity (Wildman–Crippen MR) is 117 cm³/mol. The van der Waals surface area contributed by atoms with Crippen LogP contribution < -0.4 is 15.4 Å². The highest BCUT2D eigenvalue weighted by molar-refractivity contribution is 7.87. The van der Waals surface area contributed by atoms with Gasteiger partial charge in [-0.05, 0) is 49.2 Å². The Morgan fingerprint density at radius 3 is 2.56 bits per heavy atom. The standard InChI is InChI=1S/C20H21FN6O4S/c1-25(18(28)13-5-4-6-14(21)11-13)15-7-8-16-17(12-15)27(19(22)23-16)20(29)24-32(30,31)26-9-2-3-10-26/h4-8,11-12H,2-3,9-10H2,1H3,(H2,22,23)(H,24,29). The summed E-state index contributed by atoms with van der Waals surface area (Å²) in [6, 6.07) is 8.92. The molecule has 3 aromatic rings. The molecule has 1 aliphatic heterocycles. The maximum absolute atomic E-state index is 13.5. The van der Waals surface area contributed by atoms with E-state index < -0.39 is 28.0 Å². The number of carbonyl (C=O) groups excluding carboxylic acids is 2. The van der Waals surface area contributed by atoms with Crippen LogP contribution in [0.3, 0.4) is 0 Å². The molecule has 1 fully saturated rings. The van der Waals surface area contributed by atoms with Crippen molar-refractivity contribution in [2.75, 3.05) is 30.8 Å². The first-order valence-corrected chi connectivity index (χ1v) is 11.3. The van der Waals surface area contributed by atoms with Crippen LogP contribution in [0.15, 0.2) is 42.5 Å². The third-order valence-electron chi connectivity index (χ3n) is 5.25. The molecule has 2 amide bonds. The minimum Gasteiger partial charge on any atom is -0.369 e. The van der Waals surface area contributed by atoms with Crippen molar-refractivity contribution < 1.29 is 22.4 Å². The van der Waals surface area contributed by atoms with Crippen LogP contribution in [0, 0.1) is 5.82 Å². The fraction of sp³-hybridized carbons (Fsp3) is 0.250. The first-order chi connectivity index (χ1) is 15.2. The Bertz CT molecular complexity index is 1320. The molecule has 0 bridgehead atoms. The zero-order chi connectivity index (χ0) is 23.0. The summed E-state index contributed by atoms with van der Waals surface area (Å²) in [5.41, 5.74) is 6.96. The van der Waals surface area contributed by atoms with Gasteiger partial charge in [0, 0.05) is 31.4 Å². The van der Waals surface area contributed by atoms with Crippen molar-refractivity contribution in [3.63, 3.8) is 0 Å². The highest BCUT2D eigenvalue weighted by Crippen LogP contribution is 2.25. The smallest absolute Gasteiger partial charge is 0.343 e. The molecule has 2 aromatic carbocycles. The number of anilines is 2. The number of nitrogens with two attached hydrogens (primary N) is 1. The summed E-state index contributed by atoms with van der Waals surface area (Å²) in [6.07, 6.45) is 1.45. The molecule has 1 saturated heterocycles. The molecule has 0 saturated carbocycles. The molecule has 0 aliphatic carbocycles. The molecular weight excluding hydrogens is 439 g/mol. The van der Waals surface area contributed by atoms with Gasteiger partial charge in [-0.2, -0.15) is 12.7 Å². The summed E-state index contributed by atoms with van der Waals surface area (Å²) in [5, 5.41) is 0. The van der Waals surface area contributed by atoms with Gasteiger partial charge in [0.15, 0.2) is 0 Å². The lowest BCUT2D eigenvalue weighted by Crippen LogP contribution is -2.43. The fourth-order valence-electron chi connectivity index (χ4n) is 3.59. The first kappa shape index (κ1) is 21.7. The quantitative estimate of drug-likeness (QED) is 0.612. The summed E-state index contributed by atoms with van der Waals surface area (Å²) in [7, 11) is -2.52. The van der Waals surface area contributed by atoms with E-state index in [1.807, 2.05) is 4.72 Å². The zero-order valence-corrected chi connectivity index (χ0v) is 18.0. The van der Waals surface area contributed by atoms with Crippen LogP contribution in [-0.4, -0.2) is 54.3 Å². The average molecular weight is 460 g/mol. The van der Waals surface area contributed by atoms with Gasteiger partial charge in [-0.3, -0.25) is 4.79 Å². The largest absolute Gasteiger partial charge is 0.369 e. The van der Waals surface area contributed by atoms with Crippen LogP contribution in [0.2, 0.25) is 0 Å². The summed E-state index contributed by atoms with van der Waals surface area (Å²) in [4.78, 5) is 30.9. The number of aromatic nitrogens is 2. The third kappa shape index (κ3) is 4.01. The van der Waals surface area contributed by atoms with Crippen LogP contribution in [0.5, 0.6) is 0 Å². The number of rotatable bonds is 4. The van der Waals surface area contributed by atoms with E-state index in [-0.39, 0.29) is 17.0 Å². The lowest BCUT2D eigenvalue weighted by Gasteiger charge is -2.18. The zero-order valence-electron chi connectivity index (χ0n) is 17.2. The van der Waals surface area contributed by atoms with Crippen molar-refractivity contribution in [2.24, 2.45) is 0 Å². The van der Waals surface area contributed by atoms with Crippen molar-refractivity contribution in [3.05, 3.63) is 53.8 Å². The van der Waals surface area contributed by atoms with E-state index in [1.165, 1.54) is 40.5 Å². The number of nitrogens with zero attached hydrogens (tertiary/aromatic N) is 4. The number of carbonyl (C=O) groups is 2. The Morgan fingerprint density at radius 1 is 1.16 bits per heavy atom. The Hall–Kier alpha value is -3.51. The molecule has 2 heterocycles. The van der Waals surface area contributed by atoms with Gasteiger partial charge in [0.05, 0.1) is 11.0 Å². The molecule has 0 radical (unpaired) electrons. The number of nitrogens with one attached hydrogen (secondary N) is 1. The Labute approximate surface area is 183 Å². The van der Waals surface area contributed by atoms with Crippen LogP contribution in [0.4, 0.5) is 20.8 Å². The van der Waals surface area contributed by atoms with E-state index in [4.69, 9.17) is 5.73 Å². The summed E-state index contributed by atoms with van der Waals surface area (Å²) < 4.78 is 42.6. The van der Waals surface area contributed by atoms with Gasteiger partial charge >= 0.3 is 16.2 Å². The lowest BCUT2D eigenvalue weighted by molar-refractivity contribution is 0.0992. The highest BCUT2D eigenvalue weighted by Gasteiger charge is 2.29. The summed E-state index contributed by atoms with van der Waals surface area (Å²) >= 11 is 0. The second kappa shape index (κ2) is 8.20. The van der Waals surface area contributed by atoms with Crippen molar-refractivity contribution in [2.45, 2.75) is 12.8 Å². The maximum atomic E-state index is 13.5. The monoisotopic (exact) mass is 460 g/mol. The highest BCUT2D eigenvalue weighted by atomic mass is 32.2. The topological polar surface area (TPSA) is 131 Å². The van der Waals surface area contributed by atoms with Gasteiger partial charge < -0.3 is 10.6 Å². The van der Waals surface area contributed by atoms with Gasteiger partial charge in [0.25, 0.3) is 5.91 Å². The molecule has 168 valence electrons. The molecule has 1 aromatic heterocycles. The van der Waals surface area contributed by atoms with E-state index >= 15 is 0 Å². The van der Waals surface area contributed by atoms with Gasteiger partial charge in [-0.25, -0.2) is 23.5 Å². The molecule has 3 N–H and O–H groups in total. The predicted octanol–water partition coefficient (Wildman–Crippen LogP) is 1.93. The summed E-state index contributed by atoms with van der Waals surface area (Å²) in [6.45, 7) is 0.666. The second-order valence-corrected chi connectivity index (χ2v) is 9.04. The van der Waals surface area contributed by atoms with E-state index in [0.29, 0.717) is 24.3 Å². The molecule has 0 atom stereocenters. The van der Waals surface area contributed by atoms with Crippen molar-refractivity contribution in [1.82, 2.24) is 18.6 Å². The van der Waals surface area contributed by atoms with E-state index in [0.717, 1.165) is 23.5 Å². The number of hydrogen-bond donors (Lipinski definition) is 2. The summed E-state index contributed by atoms with van der Waals surface area (Å²) in [5.74, 6) is -1.21. The van der Waals surface area contributed by atoms with Gasteiger partial charge in [0.1, 0.15) is 5.82 Å². The minimum absolute atomic E-state index is 0.148. The third-order valence-corrected chi connectivity index (χ3v) is 6.73. The van der Waals surface area contributed by atoms with Crippen molar-refractivity contribution >= 4 is 44.8 Å². The fourth-order valence-corrected chi connectivity index (χ4v) is 4.77. The number of fused-ring (bicyclic) bond motifs is 1. The molecule has 0 spiro atoms. The van der Waals surface area contributed by atoms with Gasteiger partial charge in [-0.15, -0.1) is 0 Å². The van der Waals surface area contributed by atoms with Crippen molar-refractivity contribution in [1.29, 1.82) is 0 Å². The Kier molecular flexibility index (Phi) is 5.57. The number of amides is 2. The molecule has 12 heteroatoms. The van der Waals surface area contributed by atoms with E-state index in [2.05, 4.69) is 4.98 Å². The number of benzene rings is 2. The van der Waals surface area contributed by atoms with E-state index in [1.54, 1.807) is 12.1 Å². The molecule has 10 nitrogen and oxygen atoms in total. The normalized spacial score (nSPS) is 14.6. The Morgan fingerprint density at radius 2 is 1.88 bits per heavy atom. The van der Waals surface area contributed by atoms with Crippen LogP contribution in [-0.2, 0) is 10.2 Å². The lowest BCUT2D eigenvalue weighted by atomic mass is 10.2. The van der Waals surface area contributed by atoms with Crippen LogP contribution in [0.1, 0.15) is 23.2 Å². The number of halogens is 1. The molecular formula is C20H21FN6O4S. The SMILES string of the molecule is CN(C(=O)c1cccc(F)c1)c1ccc2nc(N)n(C(=O)NS(=O)(=O)N3CCCC3)c2c1. The van der Waals surface area contributed by atoms with Gasteiger partial charge in [-0.1, -0.05) is 6.07 Å². The van der Waals surface area contributed by atoms with Gasteiger partial charge in [0.2, 0.25) is 5.95 Å². The molecule has 4 rings (SSSR count). The second-order valence-electron chi connectivity index (χ2n) is 7.37. The first-order valence-electron chi connectivity index (χ1n) is 9.81. The number of imidazole rings is 1. The van der Waals surface area contributed by atoms with E-state index in [9.17, 15) is 22.4 Å². The number of hydrogen-bond acceptors (Lipinski definition) is 6. The van der Waals surface area contributed by atoms with Crippen LogP contribution >= 0.6 is 0 Å². The average Bonchev–Trinajstić information content (AvgIpc) is 3.39. The number of nitrogen functional groups attached to an aromatic ring is 1. The Balaban J connectivity index is 1.66. The molecule has 0 unspecified atom stereocenters. The van der Waals surface area contributed by atoms with Crippen LogP contribution in [0.25, 0.3) is 11.0 Å². The van der Waals surface area contributed by atoms with Crippen molar-refractivity contribution in [3.8, 4) is 0 Å². The molecule has 1 aliphatic rings. The minimum atomic E-state index is -4.02. The molecule has 32 heavy (non-hydrogen) atoms.